The van der Waals surface area contributed by atoms with Crippen LogP contribution in [0.4, 0.5) is 10.6 Å². The zero-order valence-electron chi connectivity index (χ0n) is 27.6. The normalized spacial score (nSPS) is 22.0. The Morgan fingerprint density at radius 1 is 0.833 bits per heavy atom. The Balaban J connectivity index is 1.23. The van der Waals surface area contributed by atoms with Crippen molar-refractivity contribution < 1.29 is 28.5 Å². The number of hydrogen-bond donors (Lipinski definition) is 1. The van der Waals surface area contributed by atoms with Gasteiger partial charge in [0.15, 0.2) is 29.0 Å². The van der Waals surface area contributed by atoms with E-state index in [4.69, 9.17) is 23.7 Å². The van der Waals surface area contributed by atoms with Crippen LogP contribution in [0.3, 0.4) is 0 Å². The lowest BCUT2D eigenvalue weighted by atomic mass is 9.80. The molecule has 2 aromatic heterocycles. The van der Waals surface area contributed by atoms with Crippen LogP contribution >= 0.6 is 0 Å². The van der Waals surface area contributed by atoms with Gasteiger partial charge in [-0.2, -0.15) is 0 Å². The van der Waals surface area contributed by atoms with E-state index in [0.717, 1.165) is 16.7 Å². The van der Waals surface area contributed by atoms with Crippen LogP contribution in [0.1, 0.15) is 57.5 Å². The fourth-order valence-electron chi connectivity index (χ4n) is 6.52. The maximum absolute atomic E-state index is 12.6. The van der Waals surface area contributed by atoms with Gasteiger partial charge in [-0.05, 0) is 51.3 Å². The molecule has 11 heteroatoms. The summed E-state index contributed by atoms with van der Waals surface area (Å²) in [5.41, 5.74) is 2.19. The molecule has 4 heterocycles. The fraction of sp³-hybridized carbons (Fsp3) is 0.351. The predicted octanol–water partition coefficient (Wildman–Crippen LogP) is 6.60. The molecule has 0 unspecified atom stereocenters. The molecule has 4 atom stereocenters. The molecule has 2 saturated heterocycles. The minimum Gasteiger partial charge on any atom is -0.444 e. The van der Waals surface area contributed by atoms with Crippen molar-refractivity contribution in [1.29, 1.82) is 0 Å². The number of nitrogens with one attached hydrogen (secondary N) is 1. The molecule has 48 heavy (non-hydrogen) atoms. The molecule has 0 radical (unpaired) electrons. The summed E-state index contributed by atoms with van der Waals surface area (Å²) in [5, 5.41) is 2.69. The summed E-state index contributed by atoms with van der Waals surface area (Å²) in [6.07, 6.45) is 0.215. The molecule has 248 valence electrons. The lowest BCUT2D eigenvalue weighted by Crippen LogP contribution is -2.39. The standard InChI is InChI=1S/C37H39N5O6/c1-35(2,3)48-34(43)41-31-28-32(39-22-38-31)42(23-40-28)33-30-29(46-36(4,5)47-30)27(45-33)21-44-37(24-15-9-6-10-16-24,25-17-11-7-12-18-25)26-19-13-8-14-20-26/h6-20,22-23,27,29-30,33H,21H2,1-5H3,(H,38,39,41,43)/t27-,29-,30-,33-/m1/s1. The summed E-state index contributed by atoms with van der Waals surface area (Å²) >= 11 is 0. The average molecular weight is 650 g/mol. The van der Waals surface area contributed by atoms with Crippen LogP contribution in [0, 0.1) is 0 Å². The molecule has 0 bridgehead atoms. The van der Waals surface area contributed by atoms with Crippen LogP contribution in [0.25, 0.3) is 11.2 Å². The summed E-state index contributed by atoms with van der Waals surface area (Å²) in [4.78, 5) is 25.9. The van der Waals surface area contributed by atoms with Crippen LogP contribution in [0.2, 0.25) is 0 Å². The molecule has 11 nitrogen and oxygen atoms in total. The van der Waals surface area contributed by atoms with Gasteiger partial charge in [0.2, 0.25) is 0 Å². The molecule has 0 aliphatic carbocycles. The second-order valence-corrected chi connectivity index (χ2v) is 13.4. The maximum atomic E-state index is 12.6. The van der Waals surface area contributed by atoms with Crippen LogP contribution in [-0.2, 0) is 29.3 Å². The highest BCUT2D eigenvalue weighted by Gasteiger charge is 2.57. The minimum atomic E-state index is -0.938. The van der Waals surface area contributed by atoms with Gasteiger partial charge in [0.05, 0.1) is 12.9 Å². The number of imidazole rings is 1. The first-order valence-electron chi connectivity index (χ1n) is 16.0. The highest BCUT2D eigenvalue weighted by atomic mass is 16.8. The zero-order chi connectivity index (χ0) is 33.5. The number of nitrogens with zero attached hydrogens (tertiary/aromatic N) is 4. The molecule has 1 amide bonds. The van der Waals surface area contributed by atoms with Crippen molar-refractivity contribution in [1.82, 2.24) is 19.5 Å². The number of hydrogen-bond acceptors (Lipinski definition) is 9. The lowest BCUT2D eigenvalue weighted by molar-refractivity contribution is -0.204. The number of amides is 1. The van der Waals surface area contributed by atoms with Gasteiger partial charge in [-0.3, -0.25) is 9.88 Å². The highest BCUT2D eigenvalue weighted by Crippen LogP contribution is 2.46. The molecule has 7 rings (SSSR count). The van der Waals surface area contributed by atoms with Gasteiger partial charge < -0.3 is 23.7 Å². The van der Waals surface area contributed by atoms with E-state index in [2.05, 4.69) is 56.7 Å². The van der Waals surface area contributed by atoms with Crippen molar-refractivity contribution in [2.75, 3.05) is 11.9 Å². The van der Waals surface area contributed by atoms with Crippen molar-refractivity contribution in [2.24, 2.45) is 0 Å². The molecule has 0 spiro atoms. The van der Waals surface area contributed by atoms with E-state index in [1.54, 1.807) is 31.7 Å². The molecule has 2 aliphatic heterocycles. The van der Waals surface area contributed by atoms with Crippen molar-refractivity contribution in [2.45, 2.75) is 76.1 Å². The Kier molecular flexibility index (Phi) is 8.24. The van der Waals surface area contributed by atoms with E-state index in [9.17, 15) is 4.79 Å². The highest BCUT2D eigenvalue weighted by molar-refractivity contribution is 5.93. The molecule has 2 aliphatic rings. The SMILES string of the molecule is CC(C)(C)OC(=O)Nc1ncnc2c1ncn2[C@@H]1O[C@H](COC(c2ccccc2)(c2ccccc2)c2ccccc2)[C@H]2OC(C)(C)O[C@H]21. The maximum Gasteiger partial charge on any atom is 0.413 e. The Morgan fingerprint density at radius 2 is 1.40 bits per heavy atom. The summed E-state index contributed by atoms with van der Waals surface area (Å²) in [6, 6.07) is 30.6. The van der Waals surface area contributed by atoms with E-state index < -0.39 is 47.6 Å². The Morgan fingerprint density at radius 3 is 1.96 bits per heavy atom. The summed E-state index contributed by atoms with van der Waals surface area (Å²) in [7, 11) is 0. The Hall–Kier alpha value is -4.68. The van der Waals surface area contributed by atoms with Crippen molar-refractivity contribution in [3.05, 3.63) is 120 Å². The molecule has 0 saturated carbocycles. The number of anilines is 1. The van der Waals surface area contributed by atoms with Crippen LogP contribution in [0.15, 0.2) is 104 Å². The Labute approximate surface area is 279 Å². The van der Waals surface area contributed by atoms with Gasteiger partial charge in [-0.15, -0.1) is 0 Å². The van der Waals surface area contributed by atoms with Crippen molar-refractivity contribution in [3.8, 4) is 0 Å². The molecule has 1 N–H and O–H groups in total. The van der Waals surface area contributed by atoms with E-state index in [0.29, 0.717) is 11.2 Å². The molecule has 2 fully saturated rings. The van der Waals surface area contributed by atoms with Crippen LogP contribution in [-0.4, -0.2) is 61.9 Å². The number of rotatable bonds is 8. The van der Waals surface area contributed by atoms with Crippen LogP contribution in [0.5, 0.6) is 0 Å². The molecular weight excluding hydrogens is 610 g/mol. The third kappa shape index (κ3) is 6.06. The third-order valence-electron chi connectivity index (χ3n) is 8.38. The quantitative estimate of drug-likeness (QED) is 0.186. The van der Waals surface area contributed by atoms with E-state index in [1.165, 1.54) is 6.33 Å². The summed E-state index contributed by atoms with van der Waals surface area (Å²) in [5.74, 6) is -0.635. The monoisotopic (exact) mass is 649 g/mol. The second-order valence-electron chi connectivity index (χ2n) is 13.4. The zero-order valence-corrected chi connectivity index (χ0v) is 27.6. The van der Waals surface area contributed by atoms with Crippen LogP contribution < -0.4 is 5.32 Å². The van der Waals surface area contributed by atoms with Crippen molar-refractivity contribution in [3.63, 3.8) is 0 Å². The minimum absolute atomic E-state index is 0.183. The number of benzene rings is 3. The number of carbonyl (C=O) groups is 1. The van der Waals surface area contributed by atoms with Crippen molar-refractivity contribution >= 4 is 23.1 Å². The average Bonchev–Trinajstić information content (AvgIpc) is 3.73. The van der Waals surface area contributed by atoms with Gasteiger partial charge in [0, 0.05) is 0 Å². The molecule has 3 aromatic carbocycles. The van der Waals surface area contributed by atoms with E-state index in [1.807, 2.05) is 68.4 Å². The molecular formula is C37H39N5O6. The predicted molar refractivity (Wildman–Crippen MR) is 178 cm³/mol. The fourth-order valence-corrected chi connectivity index (χ4v) is 6.52. The van der Waals surface area contributed by atoms with Gasteiger partial charge in [-0.25, -0.2) is 19.7 Å². The van der Waals surface area contributed by atoms with Gasteiger partial charge in [-0.1, -0.05) is 91.0 Å². The van der Waals surface area contributed by atoms with Gasteiger partial charge in [0.1, 0.15) is 35.8 Å². The molecule has 5 aromatic rings. The van der Waals surface area contributed by atoms with Gasteiger partial charge in [0.25, 0.3) is 0 Å². The first-order valence-corrected chi connectivity index (χ1v) is 16.0. The first-order chi connectivity index (χ1) is 23.0. The summed E-state index contributed by atoms with van der Waals surface area (Å²) < 4.78 is 34.0. The number of carbonyl (C=O) groups excluding carboxylic acids is 1. The third-order valence-corrected chi connectivity index (χ3v) is 8.38. The second kappa shape index (κ2) is 12.4. The smallest absolute Gasteiger partial charge is 0.413 e. The largest absolute Gasteiger partial charge is 0.444 e. The number of fused-ring (bicyclic) bond motifs is 2. The lowest BCUT2D eigenvalue weighted by Gasteiger charge is -2.37. The number of aromatic nitrogens is 4. The van der Waals surface area contributed by atoms with Gasteiger partial charge >= 0.3 is 6.09 Å². The first kappa shape index (κ1) is 31.9. The number of ether oxygens (including phenoxy) is 5. The van der Waals surface area contributed by atoms with E-state index in [-0.39, 0.29) is 12.4 Å². The van der Waals surface area contributed by atoms with E-state index >= 15 is 0 Å². The summed E-state index contributed by atoms with van der Waals surface area (Å²) in [6.45, 7) is 9.33. The topological polar surface area (TPSA) is 119 Å². The Bertz CT molecular complexity index is 1780.